The van der Waals surface area contributed by atoms with Gasteiger partial charge >= 0.3 is 12.1 Å². The van der Waals surface area contributed by atoms with Crippen molar-refractivity contribution >= 4 is 46.9 Å². The van der Waals surface area contributed by atoms with E-state index < -0.39 is 29.4 Å². The highest BCUT2D eigenvalue weighted by atomic mass is 32.2. The number of aldehydes is 1. The van der Waals surface area contributed by atoms with E-state index in [2.05, 4.69) is 10.3 Å². The van der Waals surface area contributed by atoms with E-state index in [4.69, 9.17) is 14.2 Å². The highest BCUT2D eigenvalue weighted by Gasteiger charge is 2.34. The average molecular weight is 519 g/mol. The first kappa shape index (κ1) is 27.2. The van der Waals surface area contributed by atoms with Gasteiger partial charge in [-0.25, -0.2) is 9.78 Å². The third kappa shape index (κ3) is 6.64. The quantitative estimate of drug-likeness (QED) is 0.365. The number of carbonyl (C=O) groups is 4. The first-order valence-electron chi connectivity index (χ1n) is 11.5. The highest BCUT2D eigenvalue weighted by molar-refractivity contribution is 8.01. The SMILES string of the molecule is CCOC(=O)N1CCN(C(NC(=O)c2cc(OC)c3ccccc3n2)C(C=O)SCC(=O)OC)CC1. The number of rotatable bonds is 10. The van der Waals surface area contributed by atoms with Gasteiger partial charge in [0.15, 0.2) is 0 Å². The Kier molecular flexibility index (Phi) is 9.88. The summed E-state index contributed by atoms with van der Waals surface area (Å²) in [6.45, 7) is 3.52. The molecule has 1 N–H and O–H groups in total. The lowest BCUT2D eigenvalue weighted by Gasteiger charge is -2.40. The molecule has 1 saturated heterocycles. The number of aromatic nitrogens is 1. The van der Waals surface area contributed by atoms with Crippen LogP contribution in [0.2, 0.25) is 0 Å². The van der Waals surface area contributed by atoms with Crippen LogP contribution in [0.3, 0.4) is 0 Å². The number of pyridine rings is 1. The summed E-state index contributed by atoms with van der Waals surface area (Å²) in [5, 5.41) is 2.90. The van der Waals surface area contributed by atoms with Crippen molar-refractivity contribution in [3.8, 4) is 5.75 Å². The predicted molar refractivity (Wildman–Crippen MR) is 134 cm³/mol. The maximum Gasteiger partial charge on any atom is 0.409 e. The van der Waals surface area contributed by atoms with Crippen LogP contribution in [-0.4, -0.2) is 103 Å². The first-order chi connectivity index (χ1) is 17.4. The fourth-order valence-corrected chi connectivity index (χ4v) is 4.79. The lowest BCUT2D eigenvalue weighted by Crippen LogP contribution is -2.60. The smallest absolute Gasteiger partial charge is 0.409 e. The van der Waals surface area contributed by atoms with Gasteiger partial charge in [-0.3, -0.25) is 14.5 Å². The number of methoxy groups -OCH3 is 2. The van der Waals surface area contributed by atoms with Crippen molar-refractivity contribution in [2.75, 3.05) is 52.8 Å². The van der Waals surface area contributed by atoms with Crippen molar-refractivity contribution in [3.05, 3.63) is 36.0 Å². The summed E-state index contributed by atoms with van der Waals surface area (Å²) in [4.78, 5) is 57.1. The van der Waals surface area contributed by atoms with Crippen LogP contribution in [0.1, 0.15) is 17.4 Å². The van der Waals surface area contributed by atoms with E-state index in [1.165, 1.54) is 14.2 Å². The van der Waals surface area contributed by atoms with Crippen LogP contribution in [-0.2, 0) is 19.1 Å². The van der Waals surface area contributed by atoms with Gasteiger partial charge in [-0.1, -0.05) is 12.1 Å². The summed E-state index contributed by atoms with van der Waals surface area (Å²) in [5.41, 5.74) is 0.719. The fraction of sp³-hybridized carbons (Fsp3) is 0.458. The lowest BCUT2D eigenvalue weighted by atomic mass is 10.1. The van der Waals surface area contributed by atoms with Gasteiger partial charge in [-0.05, 0) is 19.1 Å². The maximum absolute atomic E-state index is 13.3. The van der Waals surface area contributed by atoms with E-state index in [1.807, 2.05) is 23.1 Å². The monoisotopic (exact) mass is 518 g/mol. The maximum atomic E-state index is 13.3. The molecule has 1 aliphatic rings. The number of esters is 1. The predicted octanol–water partition coefficient (Wildman–Crippen LogP) is 1.55. The van der Waals surface area contributed by atoms with Crippen LogP contribution in [0.25, 0.3) is 10.9 Å². The Bertz CT molecular complexity index is 1090. The molecule has 0 bridgehead atoms. The highest BCUT2D eigenvalue weighted by Crippen LogP contribution is 2.25. The molecule has 2 amide bonds. The molecule has 1 aliphatic heterocycles. The lowest BCUT2D eigenvalue weighted by molar-refractivity contribution is -0.137. The number of para-hydroxylation sites is 1. The Morgan fingerprint density at radius 2 is 1.89 bits per heavy atom. The van der Waals surface area contributed by atoms with E-state index >= 15 is 0 Å². The minimum absolute atomic E-state index is 0.0584. The van der Waals surface area contributed by atoms with Crippen molar-refractivity contribution in [1.29, 1.82) is 0 Å². The van der Waals surface area contributed by atoms with E-state index in [0.29, 0.717) is 43.7 Å². The Hall–Kier alpha value is -3.38. The molecule has 11 nitrogen and oxygen atoms in total. The molecule has 2 heterocycles. The number of nitrogens with one attached hydrogen (secondary N) is 1. The van der Waals surface area contributed by atoms with Gasteiger partial charge in [0.05, 0.1) is 37.3 Å². The van der Waals surface area contributed by atoms with Crippen LogP contribution in [0.5, 0.6) is 5.75 Å². The summed E-state index contributed by atoms with van der Waals surface area (Å²) < 4.78 is 15.2. The standard InChI is InChI=1S/C24H30N4O7S/c1-4-35-24(32)28-11-9-27(10-12-28)22(20(14-29)36-15-21(30)34-3)26-23(31)18-13-19(33-2)16-7-5-6-8-17(16)25-18/h5-8,13-14,20,22H,4,9-12,15H2,1-3H3,(H,26,31). The Balaban J connectivity index is 1.83. The molecule has 1 aromatic carbocycles. The fourth-order valence-electron chi connectivity index (χ4n) is 3.84. The number of carbonyl (C=O) groups excluding carboxylic acids is 4. The van der Waals surface area contributed by atoms with E-state index in [1.54, 1.807) is 24.0 Å². The van der Waals surface area contributed by atoms with Gasteiger partial charge in [0, 0.05) is 37.6 Å². The molecule has 12 heteroatoms. The minimum Gasteiger partial charge on any atom is -0.496 e. The summed E-state index contributed by atoms with van der Waals surface area (Å²) in [6, 6.07) is 8.84. The third-order valence-electron chi connectivity index (χ3n) is 5.71. The van der Waals surface area contributed by atoms with Gasteiger partial charge in [0.1, 0.15) is 23.9 Å². The van der Waals surface area contributed by atoms with Crippen LogP contribution in [0.4, 0.5) is 4.79 Å². The van der Waals surface area contributed by atoms with E-state index in [-0.39, 0.29) is 18.1 Å². The number of benzene rings is 1. The second-order valence-electron chi connectivity index (χ2n) is 7.85. The summed E-state index contributed by atoms with van der Waals surface area (Å²) in [5.74, 6) is -0.540. The van der Waals surface area contributed by atoms with Crippen molar-refractivity contribution in [3.63, 3.8) is 0 Å². The topological polar surface area (TPSA) is 127 Å². The van der Waals surface area contributed by atoms with Crippen molar-refractivity contribution in [2.45, 2.75) is 18.3 Å². The number of fused-ring (bicyclic) bond motifs is 1. The normalized spacial score (nSPS) is 15.6. The molecule has 0 saturated carbocycles. The van der Waals surface area contributed by atoms with Gasteiger partial charge < -0.3 is 29.2 Å². The number of amides is 2. The molecule has 36 heavy (non-hydrogen) atoms. The molecule has 2 unspecified atom stereocenters. The third-order valence-corrected chi connectivity index (χ3v) is 6.87. The molecular formula is C24H30N4O7S. The Morgan fingerprint density at radius 1 is 1.17 bits per heavy atom. The molecule has 2 atom stereocenters. The Labute approximate surface area is 213 Å². The van der Waals surface area contributed by atoms with E-state index in [0.717, 1.165) is 17.1 Å². The minimum atomic E-state index is -0.774. The largest absolute Gasteiger partial charge is 0.496 e. The van der Waals surface area contributed by atoms with Gasteiger partial charge in [-0.2, -0.15) is 0 Å². The van der Waals surface area contributed by atoms with Crippen LogP contribution in [0.15, 0.2) is 30.3 Å². The van der Waals surface area contributed by atoms with Crippen molar-refractivity contribution in [2.24, 2.45) is 0 Å². The molecular weight excluding hydrogens is 488 g/mol. The van der Waals surface area contributed by atoms with Gasteiger partial charge in [0.2, 0.25) is 0 Å². The summed E-state index contributed by atoms with van der Waals surface area (Å²) in [7, 11) is 2.78. The van der Waals surface area contributed by atoms with Crippen molar-refractivity contribution < 1.29 is 33.4 Å². The molecule has 3 rings (SSSR count). The van der Waals surface area contributed by atoms with Crippen LogP contribution >= 0.6 is 11.8 Å². The number of thioether (sulfide) groups is 1. The molecule has 1 fully saturated rings. The number of hydrogen-bond acceptors (Lipinski definition) is 10. The zero-order valence-corrected chi connectivity index (χ0v) is 21.3. The molecule has 1 aromatic heterocycles. The van der Waals surface area contributed by atoms with Crippen LogP contribution < -0.4 is 10.1 Å². The van der Waals surface area contributed by atoms with Gasteiger partial charge in [0.25, 0.3) is 5.91 Å². The number of nitrogens with zero attached hydrogens (tertiary/aromatic N) is 3. The first-order valence-corrected chi connectivity index (χ1v) is 12.5. The summed E-state index contributed by atoms with van der Waals surface area (Å²) >= 11 is 1.07. The number of piperazine rings is 1. The number of hydrogen-bond donors (Lipinski definition) is 1. The van der Waals surface area contributed by atoms with E-state index in [9.17, 15) is 19.2 Å². The molecule has 2 aromatic rings. The molecule has 194 valence electrons. The van der Waals surface area contributed by atoms with Gasteiger partial charge in [-0.15, -0.1) is 11.8 Å². The number of ether oxygens (including phenoxy) is 3. The second-order valence-corrected chi connectivity index (χ2v) is 9.02. The Morgan fingerprint density at radius 3 is 2.53 bits per heavy atom. The zero-order valence-electron chi connectivity index (χ0n) is 20.5. The average Bonchev–Trinajstić information content (AvgIpc) is 2.91. The second kappa shape index (κ2) is 13.1. The molecule has 0 spiro atoms. The summed E-state index contributed by atoms with van der Waals surface area (Å²) in [6.07, 6.45) is -0.463. The van der Waals surface area contributed by atoms with Crippen LogP contribution in [0, 0.1) is 0 Å². The molecule has 0 radical (unpaired) electrons. The zero-order chi connectivity index (χ0) is 26.1. The van der Waals surface area contributed by atoms with Crippen molar-refractivity contribution in [1.82, 2.24) is 20.1 Å². The molecule has 0 aliphatic carbocycles.